The Kier molecular flexibility index (Phi) is 5.91. The average Bonchev–Trinajstić information content (AvgIpc) is 2.34. The molecule has 0 aromatic carbocycles. The minimum atomic E-state index is -0.196. The highest BCUT2D eigenvalue weighted by molar-refractivity contribution is 7.99. The van der Waals surface area contributed by atoms with Gasteiger partial charge in [0.25, 0.3) is 0 Å². The largest absolute Gasteiger partial charge is 0.469 e. The number of aromatic nitrogens is 2. The van der Waals surface area contributed by atoms with E-state index in [1.807, 2.05) is 20.8 Å². The van der Waals surface area contributed by atoms with E-state index >= 15 is 0 Å². The first-order valence-electron chi connectivity index (χ1n) is 5.87. The lowest BCUT2D eigenvalue weighted by atomic mass is 10.3. The van der Waals surface area contributed by atoms with E-state index in [0.717, 1.165) is 28.8 Å². The van der Waals surface area contributed by atoms with E-state index in [9.17, 15) is 4.79 Å². The number of aryl methyl sites for hydroxylation is 1. The number of thioether (sulfide) groups is 1. The third kappa shape index (κ3) is 4.18. The fourth-order valence-corrected chi connectivity index (χ4v) is 2.39. The highest BCUT2D eigenvalue weighted by Gasteiger charge is 2.10. The zero-order chi connectivity index (χ0) is 13.5. The molecule has 0 spiro atoms. The quantitative estimate of drug-likeness (QED) is 0.485. The van der Waals surface area contributed by atoms with Crippen LogP contribution in [0.2, 0.25) is 0 Å². The van der Waals surface area contributed by atoms with Gasteiger partial charge in [0.2, 0.25) is 0 Å². The fraction of sp³-hybridized carbons (Fsp3) is 0.583. The van der Waals surface area contributed by atoms with E-state index < -0.39 is 0 Å². The minimum absolute atomic E-state index is 0.196. The predicted molar refractivity (Wildman–Crippen MR) is 73.0 cm³/mol. The van der Waals surface area contributed by atoms with Crippen molar-refractivity contribution in [3.05, 3.63) is 11.4 Å². The summed E-state index contributed by atoms with van der Waals surface area (Å²) in [5.41, 5.74) is 1.03. The molecule has 0 fully saturated rings. The predicted octanol–water partition coefficient (Wildman–Crippen LogP) is 2.18. The average molecular weight is 269 g/mol. The normalized spacial score (nSPS) is 10.2. The van der Waals surface area contributed by atoms with Crippen LogP contribution in [0.15, 0.2) is 5.03 Å². The molecule has 0 aliphatic carbocycles. The maximum Gasteiger partial charge on any atom is 0.306 e. The van der Waals surface area contributed by atoms with Crippen LogP contribution in [-0.2, 0) is 9.53 Å². The molecule has 100 valence electrons. The van der Waals surface area contributed by atoms with Gasteiger partial charge in [0.1, 0.15) is 16.7 Å². The molecule has 1 aromatic rings. The van der Waals surface area contributed by atoms with Crippen LogP contribution in [0, 0.1) is 13.8 Å². The van der Waals surface area contributed by atoms with Crippen LogP contribution in [-0.4, -0.2) is 35.3 Å². The molecular weight excluding hydrogens is 250 g/mol. The third-order valence-electron chi connectivity index (χ3n) is 2.33. The first kappa shape index (κ1) is 14.8. The Hall–Kier alpha value is -1.30. The van der Waals surface area contributed by atoms with Gasteiger partial charge in [-0.05, 0) is 20.8 Å². The smallest absolute Gasteiger partial charge is 0.306 e. The molecule has 1 rings (SSSR count). The summed E-state index contributed by atoms with van der Waals surface area (Å²) in [5.74, 6) is 2.07. The summed E-state index contributed by atoms with van der Waals surface area (Å²) in [5, 5.41) is 4.13. The number of rotatable bonds is 6. The molecule has 0 aliphatic heterocycles. The van der Waals surface area contributed by atoms with Crippen LogP contribution >= 0.6 is 11.8 Å². The van der Waals surface area contributed by atoms with Gasteiger partial charge in [0.05, 0.1) is 13.5 Å². The molecule has 0 aliphatic rings. The topological polar surface area (TPSA) is 64.1 Å². The maximum absolute atomic E-state index is 11.0. The van der Waals surface area contributed by atoms with Crippen molar-refractivity contribution in [1.82, 2.24) is 9.97 Å². The van der Waals surface area contributed by atoms with Crippen molar-refractivity contribution in [1.29, 1.82) is 0 Å². The Morgan fingerprint density at radius 2 is 2.11 bits per heavy atom. The first-order chi connectivity index (χ1) is 8.58. The number of methoxy groups -OCH3 is 1. The molecular formula is C12H19N3O2S. The van der Waals surface area contributed by atoms with E-state index in [0.29, 0.717) is 12.2 Å². The van der Waals surface area contributed by atoms with Crippen molar-refractivity contribution >= 4 is 23.5 Å². The molecule has 1 aromatic heterocycles. The van der Waals surface area contributed by atoms with Crippen LogP contribution in [0.4, 0.5) is 5.82 Å². The summed E-state index contributed by atoms with van der Waals surface area (Å²) in [6, 6.07) is 0. The Morgan fingerprint density at radius 1 is 1.39 bits per heavy atom. The number of ether oxygens (including phenoxy) is 1. The second-order valence-electron chi connectivity index (χ2n) is 3.75. The van der Waals surface area contributed by atoms with Crippen LogP contribution in [0.25, 0.3) is 0 Å². The second kappa shape index (κ2) is 7.20. The summed E-state index contributed by atoms with van der Waals surface area (Å²) < 4.78 is 4.61. The molecule has 0 bridgehead atoms. The molecule has 18 heavy (non-hydrogen) atoms. The van der Waals surface area contributed by atoms with E-state index in [-0.39, 0.29) is 5.97 Å². The summed E-state index contributed by atoms with van der Waals surface area (Å²) in [7, 11) is 1.40. The summed E-state index contributed by atoms with van der Waals surface area (Å²) in [6.07, 6.45) is 0.389. The number of anilines is 1. The van der Waals surface area contributed by atoms with Crippen LogP contribution in [0.3, 0.4) is 0 Å². The van der Waals surface area contributed by atoms with Crippen LogP contribution < -0.4 is 5.32 Å². The van der Waals surface area contributed by atoms with Gasteiger partial charge in [-0.25, -0.2) is 9.97 Å². The number of hydrogen-bond donors (Lipinski definition) is 1. The summed E-state index contributed by atoms with van der Waals surface area (Å²) in [6.45, 7) is 6.70. The highest BCUT2D eigenvalue weighted by Crippen LogP contribution is 2.25. The maximum atomic E-state index is 11.0. The van der Waals surface area contributed by atoms with Crippen LogP contribution in [0.1, 0.15) is 24.7 Å². The van der Waals surface area contributed by atoms with Crippen molar-refractivity contribution in [2.75, 3.05) is 24.7 Å². The lowest BCUT2D eigenvalue weighted by Gasteiger charge is -2.11. The molecule has 6 heteroatoms. The van der Waals surface area contributed by atoms with Gasteiger partial charge < -0.3 is 10.1 Å². The third-order valence-corrected chi connectivity index (χ3v) is 3.41. The minimum Gasteiger partial charge on any atom is -0.469 e. The van der Waals surface area contributed by atoms with E-state index in [4.69, 9.17) is 0 Å². The van der Waals surface area contributed by atoms with Gasteiger partial charge >= 0.3 is 5.97 Å². The molecule has 0 saturated heterocycles. The fourth-order valence-electron chi connectivity index (χ4n) is 1.42. The first-order valence-corrected chi connectivity index (χ1v) is 6.85. The van der Waals surface area contributed by atoms with Crippen molar-refractivity contribution in [2.45, 2.75) is 32.2 Å². The van der Waals surface area contributed by atoms with Crippen molar-refractivity contribution in [3.63, 3.8) is 0 Å². The molecule has 5 nitrogen and oxygen atoms in total. The van der Waals surface area contributed by atoms with E-state index in [2.05, 4.69) is 20.0 Å². The number of carbonyl (C=O) groups is 1. The zero-order valence-corrected chi connectivity index (χ0v) is 12.1. The van der Waals surface area contributed by atoms with Gasteiger partial charge in [-0.15, -0.1) is 11.8 Å². The number of nitrogens with one attached hydrogen (secondary N) is 1. The van der Waals surface area contributed by atoms with Gasteiger partial charge in [-0.2, -0.15) is 0 Å². The van der Waals surface area contributed by atoms with Gasteiger partial charge in [-0.3, -0.25) is 4.79 Å². The van der Waals surface area contributed by atoms with E-state index in [1.54, 1.807) is 11.8 Å². The van der Waals surface area contributed by atoms with Gasteiger partial charge in [0, 0.05) is 17.9 Å². The zero-order valence-electron chi connectivity index (χ0n) is 11.2. The number of nitrogens with zero attached hydrogens (tertiary/aromatic N) is 2. The molecule has 0 atom stereocenters. The molecule has 1 N–H and O–H groups in total. The van der Waals surface area contributed by atoms with Crippen molar-refractivity contribution < 1.29 is 9.53 Å². The Morgan fingerprint density at radius 3 is 2.72 bits per heavy atom. The lowest BCUT2D eigenvalue weighted by molar-refractivity contribution is -0.140. The molecule has 0 saturated carbocycles. The standard InChI is InChI=1S/C12H19N3O2S/c1-5-13-11-8(2)12(15-9(3)14-11)18-7-6-10(16)17-4/h5-7H2,1-4H3,(H,13,14,15). The lowest BCUT2D eigenvalue weighted by Crippen LogP contribution is -2.06. The highest BCUT2D eigenvalue weighted by atomic mass is 32.2. The monoisotopic (exact) mass is 269 g/mol. The SMILES string of the molecule is CCNc1nc(C)nc(SCCC(=O)OC)c1C. The number of esters is 1. The summed E-state index contributed by atoms with van der Waals surface area (Å²) >= 11 is 1.55. The Bertz CT molecular complexity index is 424. The Labute approximate surface area is 112 Å². The van der Waals surface area contributed by atoms with Crippen LogP contribution in [0.5, 0.6) is 0 Å². The van der Waals surface area contributed by atoms with Gasteiger partial charge in [0.15, 0.2) is 0 Å². The Balaban J connectivity index is 2.72. The molecule has 0 radical (unpaired) electrons. The number of carbonyl (C=O) groups excluding carboxylic acids is 1. The van der Waals surface area contributed by atoms with E-state index in [1.165, 1.54) is 7.11 Å². The summed E-state index contributed by atoms with van der Waals surface area (Å²) in [4.78, 5) is 19.8. The van der Waals surface area contributed by atoms with Crippen molar-refractivity contribution in [2.24, 2.45) is 0 Å². The second-order valence-corrected chi connectivity index (χ2v) is 4.84. The van der Waals surface area contributed by atoms with Crippen molar-refractivity contribution in [3.8, 4) is 0 Å². The number of hydrogen-bond acceptors (Lipinski definition) is 6. The van der Waals surface area contributed by atoms with Gasteiger partial charge in [-0.1, -0.05) is 0 Å². The molecule has 0 unspecified atom stereocenters. The molecule has 0 amide bonds. The molecule has 1 heterocycles.